The highest BCUT2D eigenvalue weighted by atomic mass is 16.5. The second-order valence-corrected chi connectivity index (χ2v) is 7.26. The molecule has 3 amide bonds. The Kier molecular flexibility index (Phi) is 5.66. The minimum absolute atomic E-state index is 0.00291. The fraction of sp³-hybridized carbons (Fsp3) is 0.318. The molecule has 2 aliphatic heterocycles. The molecule has 4 rings (SSSR count). The first-order valence-corrected chi connectivity index (χ1v) is 9.94. The van der Waals surface area contributed by atoms with Gasteiger partial charge in [0.05, 0.1) is 20.8 Å². The zero-order valence-corrected chi connectivity index (χ0v) is 17.3. The zero-order chi connectivity index (χ0) is 22.0. The van der Waals surface area contributed by atoms with Crippen LogP contribution in [0.2, 0.25) is 0 Å². The molecule has 2 aromatic rings. The number of benzene rings is 1. The Morgan fingerprint density at radius 2 is 1.94 bits per heavy atom. The summed E-state index contributed by atoms with van der Waals surface area (Å²) in [5.74, 6) is -0.216. The predicted octanol–water partition coefficient (Wildman–Crippen LogP) is 2.77. The molecule has 1 aromatic heterocycles. The van der Waals surface area contributed by atoms with Gasteiger partial charge in [-0.05, 0) is 43.2 Å². The van der Waals surface area contributed by atoms with Crippen LogP contribution in [0.15, 0.2) is 40.4 Å². The number of amides is 3. The van der Waals surface area contributed by atoms with Crippen LogP contribution >= 0.6 is 0 Å². The maximum Gasteiger partial charge on any atom is 0.373 e. The van der Waals surface area contributed by atoms with Crippen molar-refractivity contribution in [1.82, 2.24) is 10.2 Å². The van der Waals surface area contributed by atoms with Crippen LogP contribution in [0.3, 0.4) is 0 Å². The van der Waals surface area contributed by atoms with Gasteiger partial charge >= 0.3 is 12.0 Å². The van der Waals surface area contributed by atoms with Gasteiger partial charge in [0.25, 0.3) is 5.91 Å². The summed E-state index contributed by atoms with van der Waals surface area (Å²) < 4.78 is 15.5. The number of imide groups is 1. The number of hydrogen-bond donors (Lipinski definition) is 1. The van der Waals surface area contributed by atoms with Crippen molar-refractivity contribution in [2.45, 2.75) is 19.4 Å². The molecule has 0 saturated carbocycles. The highest BCUT2D eigenvalue weighted by Crippen LogP contribution is 2.30. The third kappa shape index (κ3) is 4.11. The van der Waals surface area contributed by atoms with Crippen LogP contribution in [-0.4, -0.2) is 50.1 Å². The number of hydrogen-bond acceptors (Lipinski definition) is 7. The second-order valence-electron chi connectivity index (χ2n) is 7.26. The van der Waals surface area contributed by atoms with E-state index in [1.165, 1.54) is 32.1 Å². The number of nitrogens with zero attached hydrogens (tertiary/aromatic N) is 2. The molecule has 0 radical (unpaired) electrons. The molecule has 2 fully saturated rings. The molecular formula is C22H23N3O6. The van der Waals surface area contributed by atoms with Gasteiger partial charge in [-0.1, -0.05) is 0 Å². The Bertz CT molecular complexity index is 1050. The number of furan rings is 1. The molecule has 2 saturated heterocycles. The van der Waals surface area contributed by atoms with Crippen LogP contribution in [0.1, 0.15) is 34.7 Å². The van der Waals surface area contributed by atoms with Gasteiger partial charge in [0, 0.05) is 30.4 Å². The number of anilines is 1. The lowest BCUT2D eigenvalue weighted by molar-refractivity contribution is -0.123. The van der Waals surface area contributed by atoms with E-state index in [1.54, 1.807) is 13.2 Å². The predicted molar refractivity (Wildman–Crippen MR) is 112 cm³/mol. The maximum atomic E-state index is 12.8. The van der Waals surface area contributed by atoms with Gasteiger partial charge in [0.1, 0.15) is 17.2 Å². The summed E-state index contributed by atoms with van der Waals surface area (Å²) in [6, 6.07) is 8.18. The van der Waals surface area contributed by atoms with E-state index in [1.807, 2.05) is 18.2 Å². The Morgan fingerprint density at radius 1 is 1.16 bits per heavy atom. The fourth-order valence-electron chi connectivity index (χ4n) is 3.69. The molecule has 0 atom stereocenters. The molecule has 1 aromatic carbocycles. The fourth-order valence-corrected chi connectivity index (χ4v) is 3.69. The highest BCUT2D eigenvalue weighted by molar-refractivity contribution is 6.14. The summed E-state index contributed by atoms with van der Waals surface area (Å²) in [5, 5.41) is 2.58. The van der Waals surface area contributed by atoms with E-state index in [0.29, 0.717) is 11.3 Å². The van der Waals surface area contributed by atoms with Crippen molar-refractivity contribution in [3.63, 3.8) is 0 Å². The molecule has 1 N–H and O–H groups in total. The maximum absolute atomic E-state index is 12.8. The Hall–Kier alpha value is -3.75. The summed E-state index contributed by atoms with van der Waals surface area (Å²) in [5.41, 5.74) is 1.89. The normalized spacial score (nSPS) is 17.4. The number of esters is 1. The Labute approximate surface area is 179 Å². The monoisotopic (exact) mass is 425 g/mol. The minimum atomic E-state index is -0.631. The zero-order valence-electron chi connectivity index (χ0n) is 17.3. The van der Waals surface area contributed by atoms with E-state index >= 15 is 0 Å². The van der Waals surface area contributed by atoms with Crippen molar-refractivity contribution in [3.05, 3.63) is 53.1 Å². The van der Waals surface area contributed by atoms with Crippen molar-refractivity contribution in [1.29, 1.82) is 0 Å². The van der Waals surface area contributed by atoms with Gasteiger partial charge < -0.3 is 24.1 Å². The molecule has 0 bridgehead atoms. The summed E-state index contributed by atoms with van der Waals surface area (Å²) in [7, 11) is 2.81. The summed E-state index contributed by atoms with van der Waals surface area (Å²) in [6.45, 7) is 1.92. The topological polar surface area (TPSA) is 101 Å². The van der Waals surface area contributed by atoms with Crippen LogP contribution in [-0.2, 0) is 16.1 Å². The van der Waals surface area contributed by atoms with Gasteiger partial charge in [-0.25, -0.2) is 9.59 Å². The van der Waals surface area contributed by atoms with Crippen molar-refractivity contribution >= 4 is 29.7 Å². The molecule has 0 aliphatic carbocycles. The number of ether oxygens (including phenoxy) is 2. The molecule has 0 spiro atoms. The van der Waals surface area contributed by atoms with Crippen molar-refractivity contribution in [3.8, 4) is 5.75 Å². The van der Waals surface area contributed by atoms with Crippen LogP contribution in [0.25, 0.3) is 6.08 Å². The van der Waals surface area contributed by atoms with Gasteiger partial charge in [-0.3, -0.25) is 9.69 Å². The summed E-state index contributed by atoms with van der Waals surface area (Å²) in [4.78, 5) is 40.0. The molecule has 3 heterocycles. The number of carbonyl (C=O) groups is 3. The van der Waals surface area contributed by atoms with E-state index in [0.717, 1.165) is 23.7 Å². The third-order valence-corrected chi connectivity index (χ3v) is 5.31. The van der Waals surface area contributed by atoms with Gasteiger partial charge in [0.2, 0.25) is 5.76 Å². The van der Waals surface area contributed by atoms with Gasteiger partial charge in [-0.15, -0.1) is 0 Å². The number of urea groups is 1. The summed E-state index contributed by atoms with van der Waals surface area (Å²) >= 11 is 0. The molecule has 9 heteroatoms. The smallest absolute Gasteiger partial charge is 0.373 e. The van der Waals surface area contributed by atoms with E-state index in [4.69, 9.17) is 9.15 Å². The lowest BCUT2D eigenvalue weighted by Gasteiger charge is -2.19. The third-order valence-electron chi connectivity index (χ3n) is 5.31. The largest absolute Gasteiger partial charge is 0.496 e. The SMILES string of the molecule is COC(=O)c1ccc(CN2C(=O)N/C(=C\c3ccc(N4CCCC4)cc3OC)C2=O)o1. The number of methoxy groups -OCH3 is 2. The molecular weight excluding hydrogens is 402 g/mol. The average Bonchev–Trinajstić information content (AvgIpc) is 3.52. The van der Waals surface area contributed by atoms with Crippen LogP contribution in [0.4, 0.5) is 10.5 Å². The van der Waals surface area contributed by atoms with Crippen LogP contribution < -0.4 is 15.0 Å². The first-order chi connectivity index (χ1) is 15.0. The van der Waals surface area contributed by atoms with E-state index < -0.39 is 17.9 Å². The van der Waals surface area contributed by atoms with E-state index in [9.17, 15) is 14.4 Å². The average molecular weight is 425 g/mol. The first kappa shape index (κ1) is 20.5. The number of carbonyl (C=O) groups excluding carboxylic acids is 3. The standard InChI is InChI=1S/C22H23N3O6/c1-29-19-12-15(24-9-3-4-10-24)6-5-14(19)11-17-20(26)25(22(28)23-17)13-16-7-8-18(31-16)21(27)30-2/h5-8,11-12H,3-4,9-10,13H2,1-2H3,(H,23,28)/b17-11-. The van der Waals surface area contributed by atoms with Crippen molar-refractivity contribution in [2.75, 3.05) is 32.2 Å². The molecule has 2 aliphatic rings. The van der Waals surface area contributed by atoms with Gasteiger partial charge in [-0.2, -0.15) is 0 Å². The van der Waals surface area contributed by atoms with E-state index in [2.05, 4.69) is 15.0 Å². The molecule has 9 nitrogen and oxygen atoms in total. The highest BCUT2D eigenvalue weighted by Gasteiger charge is 2.34. The Morgan fingerprint density at radius 3 is 2.65 bits per heavy atom. The van der Waals surface area contributed by atoms with Crippen LogP contribution in [0.5, 0.6) is 5.75 Å². The molecule has 0 unspecified atom stereocenters. The minimum Gasteiger partial charge on any atom is -0.496 e. The second kappa shape index (κ2) is 8.55. The number of nitrogens with one attached hydrogen (secondary N) is 1. The summed E-state index contributed by atoms with van der Waals surface area (Å²) in [6.07, 6.45) is 3.93. The first-order valence-electron chi connectivity index (χ1n) is 9.94. The lowest BCUT2D eigenvalue weighted by Crippen LogP contribution is -2.30. The van der Waals surface area contributed by atoms with Crippen molar-refractivity contribution in [2.24, 2.45) is 0 Å². The number of rotatable bonds is 6. The quantitative estimate of drug-likeness (QED) is 0.431. The lowest BCUT2D eigenvalue weighted by atomic mass is 10.1. The molecule has 31 heavy (non-hydrogen) atoms. The van der Waals surface area contributed by atoms with Crippen molar-refractivity contribution < 1.29 is 28.3 Å². The molecule has 162 valence electrons. The Balaban J connectivity index is 1.52. The van der Waals surface area contributed by atoms with E-state index in [-0.39, 0.29) is 23.8 Å². The van der Waals surface area contributed by atoms with Crippen LogP contribution in [0, 0.1) is 0 Å². The van der Waals surface area contributed by atoms with Gasteiger partial charge in [0.15, 0.2) is 0 Å².